The predicted molar refractivity (Wildman–Crippen MR) is 77.9 cm³/mol. The molecule has 2 nitrogen and oxygen atoms in total. The fraction of sp³-hybridized carbons (Fsp3) is 0.467. The lowest BCUT2D eigenvalue weighted by Gasteiger charge is -2.20. The number of halogens is 1. The summed E-state index contributed by atoms with van der Waals surface area (Å²) in [4.78, 5) is 0. The molecular formula is C15H17BrN2. The Morgan fingerprint density at radius 1 is 1.33 bits per heavy atom. The molecule has 4 rings (SSSR count). The van der Waals surface area contributed by atoms with Crippen molar-refractivity contribution in [2.75, 3.05) is 6.54 Å². The van der Waals surface area contributed by atoms with Crippen LogP contribution in [0.3, 0.4) is 0 Å². The molecule has 0 spiro atoms. The van der Waals surface area contributed by atoms with Crippen LogP contribution in [0, 0.1) is 0 Å². The van der Waals surface area contributed by atoms with E-state index in [-0.39, 0.29) is 0 Å². The molecule has 1 aliphatic carbocycles. The van der Waals surface area contributed by atoms with Gasteiger partial charge in [-0.3, -0.25) is 0 Å². The van der Waals surface area contributed by atoms with Crippen molar-refractivity contribution in [2.24, 2.45) is 5.73 Å². The number of aromatic nitrogens is 1. The van der Waals surface area contributed by atoms with Crippen LogP contribution < -0.4 is 5.73 Å². The maximum Gasteiger partial charge on any atom is 0.0524 e. The molecule has 0 bridgehead atoms. The van der Waals surface area contributed by atoms with Gasteiger partial charge in [-0.2, -0.15) is 0 Å². The summed E-state index contributed by atoms with van der Waals surface area (Å²) in [6, 6.07) is 4.79. The van der Waals surface area contributed by atoms with E-state index in [9.17, 15) is 0 Å². The third-order valence-corrected chi connectivity index (χ3v) is 5.34. The quantitative estimate of drug-likeness (QED) is 0.906. The summed E-state index contributed by atoms with van der Waals surface area (Å²) in [7, 11) is 0. The van der Waals surface area contributed by atoms with Gasteiger partial charge in [0.05, 0.1) is 5.52 Å². The first kappa shape index (κ1) is 11.1. The topological polar surface area (TPSA) is 30.9 Å². The van der Waals surface area contributed by atoms with Gasteiger partial charge in [-0.25, -0.2) is 0 Å². The van der Waals surface area contributed by atoms with E-state index in [2.05, 4.69) is 38.8 Å². The molecule has 2 heterocycles. The molecule has 0 atom stereocenters. The number of hydrogen-bond donors (Lipinski definition) is 1. The van der Waals surface area contributed by atoms with Crippen LogP contribution >= 0.6 is 15.9 Å². The molecule has 0 radical (unpaired) electrons. The second kappa shape index (κ2) is 3.61. The molecule has 94 valence electrons. The summed E-state index contributed by atoms with van der Waals surface area (Å²) in [5, 5.41) is 1.38. The van der Waals surface area contributed by atoms with E-state index in [0.717, 1.165) is 13.1 Å². The number of aryl methyl sites for hydroxylation is 2. The fourth-order valence-electron chi connectivity index (χ4n) is 3.36. The number of rotatable bonds is 2. The average molecular weight is 305 g/mol. The Hall–Kier alpha value is -0.800. The molecule has 1 aliphatic heterocycles. The van der Waals surface area contributed by atoms with Crippen molar-refractivity contribution in [2.45, 2.75) is 37.6 Å². The standard InChI is InChI=1S/C15H17BrN2/c16-13-8-18-5-1-2-10-6-11(7-12(13)14(10)18)15(9-17)3-4-15/h6-8H,1-5,9,17H2. The van der Waals surface area contributed by atoms with Crippen molar-refractivity contribution in [3.05, 3.63) is 33.9 Å². The van der Waals surface area contributed by atoms with Gasteiger partial charge in [0, 0.05) is 34.6 Å². The maximum atomic E-state index is 5.98. The lowest BCUT2D eigenvalue weighted by atomic mass is 9.91. The van der Waals surface area contributed by atoms with Crippen LogP contribution in [-0.4, -0.2) is 11.1 Å². The Labute approximate surface area is 115 Å². The molecule has 1 fully saturated rings. The second-order valence-electron chi connectivity index (χ2n) is 5.79. The van der Waals surface area contributed by atoms with E-state index in [1.165, 1.54) is 52.2 Å². The first-order chi connectivity index (χ1) is 8.73. The van der Waals surface area contributed by atoms with E-state index >= 15 is 0 Å². The minimum atomic E-state index is 0.295. The monoisotopic (exact) mass is 304 g/mol. The summed E-state index contributed by atoms with van der Waals surface area (Å²) < 4.78 is 3.62. The number of nitrogens with two attached hydrogens (primary N) is 1. The van der Waals surface area contributed by atoms with Crippen molar-refractivity contribution in [1.29, 1.82) is 0 Å². The average Bonchev–Trinajstić information content (AvgIpc) is 3.12. The van der Waals surface area contributed by atoms with Crippen molar-refractivity contribution in [1.82, 2.24) is 4.57 Å². The van der Waals surface area contributed by atoms with Gasteiger partial charge in [-0.15, -0.1) is 0 Å². The zero-order valence-corrected chi connectivity index (χ0v) is 12.0. The predicted octanol–water partition coefficient (Wildman–Crippen LogP) is 3.34. The van der Waals surface area contributed by atoms with Gasteiger partial charge >= 0.3 is 0 Å². The summed E-state index contributed by atoms with van der Waals surface area (Å²) >= 11 is 3.71. The van der Waals surface area contributed by atoms with E-state index in [0.29, 0.717) is 5.41 Å². The first-order valence-corrected chi connectivity index (χ1v) is 7.55. The van der Waals surface area contributed by atoms with Gasteiger partial charge in [0.25, 0.3) is 0 Å². The largest absolute Gasteiger partial charge is 0.346 e. The zero-order valence-electron chi connectivity index (χ0n) is 10.4. The molecule has 1 saturated carbocycles. The van der Waals surface area contributed by atoms with E-state index in [4.69, 9.17) is 5.73 Å². The summed E-state index contributed by atoms with van der Waals surface area (Å²) in [5.41, 5.74) is 10.7. The van der Waals surface area contributed by atoms with Crippen LogP contribution in [0.1, 0.15) is 30.4 Å². The minimum absolute atomic E-state index is 0.295. The Balaban J connectivity index is 2.01. The molecule has 3 heteroatoms. The summed E-state index contributed by atoms with van der Waals surface area (Å²) in [6.45, 7) is 1.94. The number of hydrogen-bond acceptors (Lipinski definition) is 1. The van der Waals surface area contributed by atoms with Gasteiger partial charge in [-0.05, 0) is 58.8 Å². The SMILES string of the molecule is NCC1(c2cc3c4c(c2)c(Br)cn4CCC3)CC1. The van der Waals surface area contributed by atoms with Gasteiger partial charge in [-0.1, -0.05) is 6.07 Å². The molecule has 0 unspecified atom stereocenters. The van der Waals surface area contributed by atoms with E-state index in [1.807, 2.05) is 0 Å². The van der Waals surface area contributed by atoms with Gasteiger partial charge in [0.15, 0.2) is 0 Å². The third kappa shape index (κ3) is 1.38. The highest BCUT2D eigenvalue weighted by atomic mass is 79.9. The number of nitrogens with zero attached hydrogens (tertiary/aromatic N) is 1. The summed E-state index contributed by atoms with van der Waals surface area (Å²) in [5.74, 6) is 0. The highest BCUT2D eigenvalue weighted by molar-refractivity contribution is 9.10. The minimum Gasteiger partial charge on any atom is -0.346 e. The normalized spacial score (nSPS) is 20.3. The second-order valence-corrected chi connectivity index (χ2v) is 6.64. The Bertz CT molecular complexity index is 637. The molecule has 1 aromatic carbocycles. The highest BCUT2D eigenvalue weighted by Crippen LogP contribution is 2.49. The first-order valence-electron chi connectivity index (χ1n) is 6.75. The smallest absolute Gasteiger partial charge is 0.0524 e. The van der Waals surface area contributed by atoms with Crippen LogP contribution in [0.5, 0.6) is 0 Å². The van der Waals surface area contributed by atoms with Crippen LogP contribution in [0.2, 0.25) is 0 Å². The van der Waals surface area contributed by atoms with E-state index in [1.54, 1.807) is 0 Å². The highest BCUT2D eigenvalue weighted by Gasteiger charge is 2.43. The van der Waals surface area contributed by atoms with Crippen molar-refractivity contribution < 1.29 is 0 Å². The molecular weight excluding hydrogens is 288 g/mol. The van der Waals surface area contributed by atoms with Crippen LogP contribution in [0.4, 0.5) is 0 Å². The maximum absolute atomic E-state index is 5.98. The van der Waals surface area contributed by atoms with Crippen molar-refractivity contribution >= 4 is 26.8 Å². The van der Waals surface area contributed by atoms with Crippen LogP contribution in [0.25, 0.3) is 10.9 Å². The zero-order chi connectivity index (χ0) is 12.3. The van der Waals surface area contributed by atoms with Crippen LogP contribution in [-0.2, 0) is 18.4 Å². The molecule has 2 N–H and O–H groups in total. The van der Waals surface area contributed by atoms with Gasteiger partial charge in [0.1, 0.15) is 0 Å². The Kier molecular flexibility index (Phi) is 2.22. The molecule has 0 amide bonds. The van der Waals surface area contributed by atoms with Crippen molar-refractivity contribution in [3.63, 3.8) is 0 Å². The Morgan fingerprint density at radius 3 is 2.89 bits per heavy atom. The lowest BCUT2D eigenvalue weighted by molar-refractivity contribution is 0.632. The molecule has 2 aromatic rings. The molecule has 0 saturated heterocycles. The van der Waals surface area contributed by atoms with Crippen molar-refractivity contribution in [3.8, 4) is 0 Å². The van der Waals surface area contributed by atoms with E-state index < -0.39 is 0 Å². The number of benzene rings is 1. The fourth-order valence-corrected chi connectivity index (χ4v) is 3.91. The summed E-state index contributed by atoms with van der Waals surface area (Å²) in [6.07, 6.45) is 7.21. The third-order valence-electron chi connectivity index (χ3n) is 4.70. The lowest BCUT2D eigenvalue weighted by Crippen LogP contribution is -2.20. The molecule has 2 aliphatic rings. The van der Waals surface area contributed by atoms with Gasteiger partial charge < -0.3 is 10.3 Å². The Morgan fingerprint density at radius 2 is 2.17 bits per heavy atom. The molecule has 1 aromatic heterocycles. The molecule has 18 heavy (non-hydrogen) atoms. The van der Waals surface area contributed by atoms with Gasteiger partial charge in [0.2, 0.25) is 0 Å². The van der Waals surface area contributed by atoms with Crippen LogP contribution in [0.15, 0.2) is 22.8 Å².